The Bertz CT molecular complexity index is 1220. The van der Waals surface area contributed by atoms with Crippen molar-refractivity contribution in [2.24, 2.45) is 0 Å². The molecule has 4 rings (SSSR count). The van der Waals surface area contributed by atoms with Gasteiger partial charge in [0.05, 0.1) is 20.4 Å². The van der Waals surface area contributed by atoms with Gasteiger partial charge in [-0.05, 0) is 70.7 Å². The van der Waals surface area contributed by atoms with Gasteiger partial charge in [-0.1, -0.05) is 6.07 Å². The van der Waals surface area contributed by atoms with Gasteiger partial charge in [-0.25, -0.2) is 9.37 Å². The summed E-state index contributed by atoms with van der Waals surface area (Å²) >= 11 is 0. The minimum absolute atomic E-state index is 0.0888. The highest BCUT2D eigenvalue weighted by Gasteiger charge is 2.25. The van der Waals surface area contributed by atoms with Gasteiger partial charge in [0, 0.05) is 6.54 Å². The zero-order chi connectivity index (χ0) is 22.8. The first-order valence-electron chi connectivity index (χ1n) is 9.76. The fraction of sp³-hybridized carbons (Fsp3) is 0.167. The molecule has 1 aliphatic carbocycles. The number of aromatic nitrogens is 1. The van der Waals surface area contributed by atoms with Crippen molar-refractivity contribution >= 4 is 23.1 Å². The third-order valence-corrected chi connectivity index (χ3v) is 5.35. The molecule has 0 spiro atoms. The van der Waals surface area contributed by atoms with Gasteiger partial charge in [0.1, 0.15) is 5.82 Å². The van der Waals surface area contributed by atoms with Gasteiger partial charge in [0.25, 0.3) is 5.91 Å². The second-order valence-electron chi connectivity index (χ2n) is 7.17. The predicted octanol–water partition coefficient (Wildman–Crippen LogP) is 4.29. The summed E-state index contributed by atoms with van der Waals surface area (Å²) in [6, 6.07) is 7.93. The van der Waals surface area contributed by atoms with Crippen LogP contribution in [-0.4, -0.2) is 36.8 Å². The number of carbonyl (C=O) groups is 1. The van der Waals surface area contributed by atoms with Crippen molar-refractivity contribution in [2.45, 2.75) is 6.92 Å². The number of allylic oxidation sites excluding steroid dienone is 2. The van der Waals surface area contributed by atoms with Crippen LogP contribution >= 0.6 is 0 Å². The van der Waals surface area contributed by atoms with E-state index in [1.807, 2.05) is 13.0 Å². The monoisotopic (exact) mass is 436 g/mol. The van der Waals surface area contributed by atoms with E-state index in [0.29, 0.717) is 5.56 Å². The highest BCUT2D eigenvalue weighted by molar-refractivity contribution is 6.06. The molecule has 0 bridgehead atoms. The number of hydrogen-bond donors (Lipinski definition) is 2. The molecule has 3 aromatic rings. The molecule has 1 heterocycles. The van der Waals surface area contributed by atoms with Crippen LogP contribution in [-0.2, 0) is 0 Å². The maximum Gasteiger partial charge on any atom is 0.288 e. The normalized spacial score (nSPS) is 13.9. The molecular formula is C24H21FN2O5. The molecule has 0 saturated carbocycles. The van der Waals surface area contributed by atoms with Crippen LogP contribution in [0.15, 0.2) is 52.9 Å². The van der Waals surface area contributed by atoms with E-state index in [0.717, 1.165) is 27.8 Å². The molecule has 1 aliphatic rings. The zero-order valence-corrected chi connectivity index (χ0v) is 17.7. The summed E-state index contributed by atoms with van der Waals surface area (Å²) in [5, 5.41) is 13.0. The Morgan fingerprint density at radius 1 is 1.19 bits per heavy atom. The Labute approximate surface area is 183 Å². The summed E-state index contributed by atoms with van der Waals surface area (Å²) < 4.78 is 29.6. The number of phenols is 1. The number of methoxy groups -OCH3 is 2. The van der Waals surface area contributed by atoms with Crippen molar-refractivity contribution in [2.75, 3.05) is 20.8 Å². The first-order valence-corrected chi connectivity index (χ1v) is 9.76. The SMILES string of the molecule is COc1cc(C=C2C(C)=C(CNC(=O)c3cnco3)c3cc(F)ccc32)cc(OC)c1O. The molecule has 8 heteroatoms. The summed E-state index contributed by atoms with van der Waals surface area (Å²) in [7, 11) is 2.92. The van der Waals surface area contributed by atoms with Crippen LogP contribution in [0.4, 0.5) is 4.39 Å². The summed E-state index contributed by atoms with van der Waals surface area (Å²) in [6.07, 6.45) is 4.41. The Morgan fingerprint density at radius 3 is 2.53 bits per heavy atom. The van der Waals surface area contributed by atoms with Crippen molar-refractivity contribution in [3.63, 3.8) is 0 Å². The summed E-state index contributed by atoms with van der Waals surface area (Å²) in [5.41, 5.74) is 4.79. The van der Waals surface area contributed by atoms with E-state index in [9.17, 15) is 14.3 Å². The number of nitrogens with zero attached hydrogens (tertiary/aromatic N) is 1. The molecule has 0 aliphatic heterocycles. The quantitative estimate of drug-likeness (QED) is 0.599. The molecule has 1 amide bonds. The average Bonchev–Trinajstić information content (AvgIpc) is 3.41. The molecule has 0 radical (unpaired) electrons. The Balaban J connectivity index is 1.75. The minimum Gasteiger partial charge on any atom is -0.502 e. The number of hydrogen-bond acceptors (Lipinski definition) is 6. The van der Waals surface area contributed by atoms with Crippen LogP contribution in [0.25, 0.3) is 17.2 Å². The number of amides is 1. The lowest BCUT2D eigenvalue weighted by molar-refractivity contribution is 0.0931. The van der Waals surface area contributed by atoms with Crippen LogP contribution in [0.2, 0.25) is 0 Å². The number of benzene rings is 2. The highest BCUT2D eigenvalue weighted by atomic mass is 19.1. The molecule has 0 unspecified atom stereocenters. The van der Waals surface area contributed by atoms with Crippen molar-refractivity contribution < 1.29 is 28.2 Å². The average molecular weight is 436 g/mol. The van der Waals surface area contributed by atoms with Crippen LogP contribution in [0.5, 0.6) is 17.2 Å². The van der Waals surface area contributed by atoms with Crippen molar-refractivity contribution in [1.29, 1.82) is 0 Å². The first-order chi connectivity index (χ1) is 15.4. The number of carbonyl (C=O) groups excluding carboxylic acids is 1. The lowest BCUT2D eigenvalue weighted by Gasteiger charge is -2.11. The number of oxazole rings is 1. The van der Waals surface area contributed by atoms with E-state index in [4.69, 9.17) is 13.9 Å². The lowest BCUT2D eigenvalue weighted by atomic mass is 10.00. The van der Waals surface area contributed by atoms with Crippen molar-refractivity contribution in [1.82, 2.24) is 10.3 Å². The van der Waals surface area contributed by atoms with E-state index in [1.54, 1.807) is 18.2 Å². The van der Waals surface area contributed by atoms with Gasteiger partial charge in [0.15, 0.2) is 17.9 Å². The number of halogens is 1. The van der Waals surface area contributed by atoms with Gasteiger partial charge in [-0.2, -0.15) is 0 Å². The second kappa shape index (κ2) is 8.58. The first kappa shape index (κ1) is 21.2. The smallest absolute Gasteiger partial charge is 0.288 e. The fourth-order valence-corrected chi connectivity index (χ4v) is 3.73. The highest BCUT2D eigenvalue weighted by Crippen LogP contribution is 2.44. The Kier molecular flexibility index (Phi) is 5.68. The third kappa shape index (κ3) is 3.82. The number of ether oxygens (including phenoxy) is 2. The van der Waals surface area contributed by atoms with Gasteiger partial charge >= 0.3 is 0 Å². The molecule has 1 aromatic heterocycles. The minimum atomic E-state index is -0.411. The Hall–Kier alpha value is -4.07. The van der Waals surface area contributed by atoms with E-state index in [1.165, 1.54) is 38.9 Å². The number of nitrogens with one attached hydrogen (secondary N) is 1. The number of aromatic hydroxyl groups is 1. The zero-order valence-electron chi connectivity index (χ0n) is 17.7. The summed E-state index contributed by atoms with van der Waals surface area (Å²) in [6.45, 7) is 2.09. The van der Waals surface area contributed by atoms with E-state index in [2.05, 4.69) is 10.3 Å². The molecule has 2 N–H and O–H groups in total. The van der Waals surface area contributed by atoms with E-state index < -0.39 is 5.91 Å². The van der Waals surface area contributed by atoms with Gasteiger partial charge in [-0.15, -0.1) is 0 Å². The van der Waals surface area contributed by atoms with Crippen LogP contribution in [0, 0.1) is 5.82 Å². The van der Waals surface area contributed by atoms with E-state index in [-0.39, 0.29) is 35.4 Å². The molecule has 164 valence electrons. The van der Waals surface area contributed by atoms with Gasteiger partial charge in [-0.3, -0.25) is 4.79 Å². The summed E-state index contributed by atoms with van der Waals surface area (Å²) in [4.78, 5) is 16.0. The number of phenolic OH excluding ortho intramolecular Hbond substituents is 1. The standard InChI is InChI=1S/C24H21FN2O5/c1-13-17(6-14-7-20(30-2)23(28)21(8-14)31-3)16-5-4-15(25)9-18(16)19(13)10-27-24(29)22-11-26-12-32-22/h4-9,11-12,28H,10H2,1-3H3,(H,27,29). The summed E-state index contributed by atoms with van der Waals surface area (Å²) in [5.74, 6) is -0.227. The fourth-order valence-electron chi connectivity index (χ4n) is 3.73. The van der Waals surface area contributed by atoms with E-state index >= 15 is 0 Å². The molecule has 0 atom stereocenters. The topological polar surface area (TPSA) is 93.8 Å². The van der Waals surface area contributed by atoms with Crippen LogP contribution < -0.4 is 14.8 Å². The van der Waals surface area contributed by atoms with Crippen molar-refractivity contribution in [3.8, 4) is 17.2 Å². The lowest BCUT2D eigenvalue weighted by Crippen LogP contribution is -2.24. The predicted molar refractivity (Wildman–Crippen MR) is 117 cm³/mol. The molecule has 0 fully saturated rings. The van der Waals surface area contributed by atoms with Crippen LogP contribution in [0.3, 0.4) is 0 Å². The van der Waals surface area contributed by atoms with Gasteiger partial charge < -0.3 is 24.3 Å². The molecular weight excluding hydrogens is 415 g/mol. The van der Waals surface area contributed by atoms with Crippen LogP contribution in [0.1, 0.15) is 34.2 Å². The second-order valence-corrected chi connectivity index (χ2v) is 7.17. The third-order valence-electron chi connectivity index (χ3n) is 5.35. The largest absolute Gasteiger partial charge is 0.502 e. The maximum absolute atomic E-state index is 14.1. The Morgan fingerprint density at radius 2 is 1.91 bits per heavy atom. The maximum atomic E-state index is 14.1. The molecule has 0 saturated heterocycles. The molecule has 7 nitrogen and oxygen atoms in total. The number of rotatable bonds is 6. The molecule has 32 heavy (non-hydrogen) atoms. The van der Waals surface area contributed by atoms with Crippen molar-refractivity contribution in [3.05, 3.63) is 76.8 Å². The molecule has 2 aromatic carbocycles. The number of fused-ring (bicyclic) bond motifs is 1. The van der Waals surface area contributed by atoms with Gasteiger partial charge in [0.2, 0.25) is 11.5 Å².